The van der Waals surface area contributed by atoms with Gasteiger partial charge in [0.1, 0.15) is 12.2 Å². The number of carbonyl (C=O) groups excluding carboxylic acids is 2. The van der Waals surface area contributed by atoms with Crippen molar-refractivity contribution in [1.82, 2.24) is 0 Å². The molecule has 0 saturated heterocycles. The van der Waals surface area contributed by atoms with Crippen molar-refractivity contribution < 1.29 is 45.9 Å². The second-order valence-corrected chi connectivity index (χ2v) is 11.0. The lowest BCUT2D eigenvalue weighted by atomic mass is 9.47. The van der Waals surface area contributed by atoms with E-state index in [1.54, 1.807) is 0 Å². The Morgan fingerprint density at radius 1 is 1.07 bits per heavy atom. The third-order valence-corrected chi connectivity index (χ3v) is 7.89. The van der Waals surface area contributed by atoms with E-state index in [-0.39, 0.29) is 17.8 Å². The molecule has 4 aliphatic carbocycles. The van der Waals surface area contributed by atoms with E-state index in [0.29, 0.717) is 11.8 Å². The van der Waals surface area contributed by atoms with Crippen LogP contribution in [0.5, 0.6) is 0 Å². The number of esters is 2. The normalized spacial score (nSPS) is 35.2. The van der Waals surface area contributed by atoms with Crippen molar-refractivity contribution in [2.24, 2.45) is 29.6 Å². The van der Waals surface area contributed by atoms with E-state index in [9.17, 15) is 31.9 Å². The first-order valence-electron chi connectivity index (χ1n) is 10.1. The summed E-state index contributed by atoms with van der Waals surface area (Å²) in [5.74, 6) is -2.28. The zero-order valence-corrected chi connectivity index (χ0v) is 18.0. The summed E-state index contributed by atoms with van der Waals surface area (Å²) < 4.78 is 66.4. The molecule has 0 heterocycles. The molecule has 0 aromatic heterocycles. The first-order chi connectivity index (χ1) is 13.6. The molecular weight excluding hydrogens is 426 g/mol. The molecule has 0 aromatic carbocycles. The van der Waals surface area contributed by atoms with Crippen molar-refractivity contribution in [3.05, 3.63) is 0 Å². The smallest absolute Gasteiger partial charge is 0.457 e. The Morgan fingerprint density at radius 2 is 1.53 bits per heavy atom. The maximum absolute atomic E-state index is 13.3. The molecule has 4 aliphatic rings. The van der Waals surface area contributed by atoms with Crippen molar-refractivity contribution >= 4 is 22.1 Å². The van der Waals surface area contributed by atoms with Gasteiger partial charge >= 0.3 is 27.3 Å². The number of carbonyl (C=O) groups is 2. The zero-order valence-electron chi connectivity index (χ0n) is 17.1. The van der Waals surface area contributed by atoms with E-state index < -0.39 is 45.1 Å². The minimum absolute atomic E-state index is 0.0429. The van der Waals surface area contributed by atoms with Crippen molar-refractivity contribution in [2.75, 3.05) is 6.61 Å². The second kappa shape index (κ2) is 7.37. The van der Waals surface area contributed by atoms with Crippen molar-refractivity contribution in [1.29, 1.82) is 0 Å². The summed E-state index contributed by atoms with van der Waals surface area (Å²) in [5.41, 5.74) is -3.27. The topological polar surface area (TPSA) is 127 Å². The second-order valence-electron chi connectivity index (χ2n) is 9.54. The summed E-state index contributed by atoms with van der Waals surface area (Å²) in [5, 5.41) is 5.23. The van der Waals surface area contributed by atoms with Crippen LogP contribution in [0.3, 0.4) is 0 Å². The fourth-order valence-electron chi connectivity index (χ4n) is 5.87. The fourth-order valence-corrected chi connectivity index (χ4v) is 6.14. The average molecular weight is 454 g/mol. The molecule has 4 bridgehead atoms. The average Bonchev–Trinajstić information content (AvgIpc) is 2.60. The Balaban J connectivity index is 1.73. The van der Waals surface area contributed by atoms with Gasteiger partial charge in [-0.1, -0.05) is 13.8 Å². The number of halogens is 2. The molecule has 0 spiro atoms. The van der Waals surface area contributed by atoms with Gasteiger partial charge < -0.3 is 14.6 Å². The first-order valence-corrected chi connectivity index (χ1v) is 11.5. The van der Waals surface area contributed by atoms with Gasteiger partial charge in [0, 0.05) is 0 Å². The lowest BCUT2D eigenvalue weighted by molar-refractivity contribution is -0.239. The third kappa shape index (κ3) is 3.73. The van der Waals surface area contributed by atoms with E-state index in [2.05, 4.69) is 4.74 Å². The maximum Gasteiger partial charge on any atom is 0.465 e. The molecule has 1 unspecified atom stereocenters. The van der Waals surface area contributed by atoms with Gasteiger partial charge in [-0.3, -0.25) is 4.55 Å². The fraction of sp³-hybridized carbons (Fsp3) is 0.895. The quantitative estimate of drug-likeness (QED) is 0.443. The van der Waals surface area contributed by atoms with Crippen LogP contribution >= 0.6 is 0 Å². The van der Waals surface area contributed by atoms with Crippen LogP contribution in [0.25, 0.3) is 0 Å². The van der Waals surface area contributed by atoms with Crippen LogP contribution in [0, 0.1) is 29.6 Å². The van der Waals surface area contributed by atoms with E-state index in [1.807, 2.05) is 13.8 Å². The van der Waals surface area contributed by atoms with Gasteiger partial charge in [-0.25, -0.2) is 9.59 Å². The summed E-state index contributed by atoms with van der Waals surface area (Å²) in [6.07, 6.45) is 4.89. The van der Waals surface area contributed by atoms with Gasteiger partial charge in [0.2, 0.25) is 0 Å². The monoisotopic (exact) mass is 454 g/mol. The molecule has 1 atom stereocenters. The lowest BCUT2D eigenvalue weighted by Gasteiger charge is -2.62. The molecule has 0 amide bonds. The number of rotatable bonds is 7. The molecule has 172 valence electrons. The predicted octanol–water partition coefficient (Wildman–Crippen LogP) is 2.16. The molecule has 4 rings (SSSR count). The van der Waals surface area contributed by atoms with Crippen molar-refractivity contribution in [2.45, 2.75) is 69.3 Å². The van der Waals surface area contributed by atoms with Crippen LogP contribution in [0.4, 0.5) is 8.78 Å². The van der Waals surface area contributed by atoms with Crippen LogP contribution in [-0.2, 0) is 29.2 Å². The predicted molar refractivity (Wildman–Crippen MR) is 98.8 cm³/mol. The molecule has 0 aliphatic heterocycles. The van der Waals surface area contributed by atoms with Gasteiger partial charge in [0.25, 0.3) is 0 Å². The molecular formula is C19H28F2O8S. The standard InChI is InChI=1S/C19H28F2O8S/c1-10(2)18(13-5-11-4-12(7-13)8-14(18)6-11)29-15(22)17(3,24)9-28-16(23)19(20,21)30(25,26)27/h10-14,24H,4-9H2,1-3H3,(H,25,26,27). The number of hydrogen-bond donors (Lipinski definition) is 2. The van der Waals surface area contributed by atoms with Crippen molar-refractivity contribution in [3.8, 4) is 0 Å². The maximum atomic E-state index is 13.3. The number of aliphatic hydroxyl groups is 1. The van der Waals surface area contributed by atoms with E-state index in [1.165, 1.54) is 6.42 Å². The highest BCUT2D eigenvalue weighted by molar-refractivity contribution is 7.87. The molecule has 8 nitrogen and oxygen atoms in total. The van der Waals surface area contributed by atoms with Gasteiger partial charge in [-0.15, -0.1) is 0 Å². The van der Waals surface area contributed by atoms with Crippen LogP contribution < -0.4 is 0 Å². The largest absolute Gasteiger partial charge is 0.465 e. The number of ether oxygens (including phenoxy) is 2. The number of hydrogen-bond acceptors (Lipinski definition) is 7. The molecule has 4 fully saturated rings. The Labute approximate surface area is 174 Å². The Bertz CT molecular complexity index is 792. The summed E-state index contributed by atoms with van der Waals surface area (Å²) in [6, 6.07) is 0. The Morgan fingerprint density at radius 3 is 1.93 bits per heavy atom. The molecule has 0 radical (unpaired) electrons. The van der Waals surface area contributed by atoms with E-state index in [0.717, 1.165) is 32.6 Å². The zero-order chi connectivity index (χ0) is 22.7. The van der Waals surface area contributed by atoms with Crippen molar-refractivity contribution in [3.63, 3.8) is 0 Å². The van der Waals surface area contributed by atoms with E-state index in [4.69, 9.17) is 9.29 Å². The van der Waals surface area contributed by atoms with E-state index >= 15 is 0 Å². The highest BCUT2D eigenvalue weighted by Gasteiger charge is 2.62. The minimum atomic E-state index is -6.05. The van der Waals surface area contributed by atoms with Gasteiger partial charge in [0.15, 0.2) is 5.60 Å². The summed E-state index contributed by atoms with van der Waals surface area (Å²) in [4.78, 5) is 24.2. The molecule has 0 aromatic rings. The third-order valence-electron chi connectivity index (χ3n) is 7.07. The molecule has 11 heteroatoms. The number of alkyl halides is 2. The van der Waals surface area contributed by atoms with Gasteiger partial charge in [0.05, 0.1) is 0 Å². The molecule has 2 N–H and O–H groups in total. The summed E-state index contributed by atoms with van der Waals surface area (Å²) >= 11 is 0. The van der Waals surface area contributed by atoms with Crippen LogP contribution in [0.2, 0.25) is 0 Å². The molecule has 4 saturated carbocycles. The van der Waals surface area contributed by atoms with Gasteiger partial charge in [-0.05, 0) is 68.6 Å². The Hall–Kier alpha value is -1.33. The van der Waals surface area contributed by atoms with Crippen LogP contribution in [0.1, 0.15) is 52.9 Å². The first kappa shape index (κ1) is 23.3. The Kier molecular flexibility index (Phi) is 5.73. The highest BCUT2D eigenvalue weighted by atomic mass is 32.2. The SMILES string of the molecule is CC(C)C1(OC(=O)C(C)(O)COC(=O)C(F)(F)S(=O)(=O)O)C2CC3CC(C2)CC1C3. The summed E-state index contributed by atoms with van der Waals surface area (Å²) in [6.45, 7) is 3.58. The minimum Gasteiger partial charge on any atom is -0.457 e. The molecule has 30 heavy (non-hydrogen) atoms. The lowest BCUT2D eigenvalue weighted by Crippen LogP contribution is -2.63. The van der Waals surface area contributed by atoms with Crippen LogP contribution in [-0.4, -0.2) is 53.1 Å². The van der Waals surface area contributed by atoms with Gasteiger partial charge in [-0.2, -0.15) is 17.2 Å². The highest BCUT2D eigenvalue weighted by Crippen LogP contribution is 2.61. The van der Waals surface area contributed by atoms with Crippen LogP contribution in [0.15, 0.2) is 0 Å². The summed E-state index contributed by atoms with van der Waals surface area (Å²) in [7, 11) is -6.05.